The highest BCUT2D eigenvalue weighted by atomic mass is 16.1. The number of nitrogens with two attached hydrogens (primary N) is 2. The van der Waals surface area contributed by atoms with E-state index in [2.05, 4.69) is 4.90 Å². The second kappa shape index (κ2) is 3.27. The molecule has 0 aromatic carbocycles. The first-order valence-electron chi connectivity index (χ1n) is 4.96. The smallest absolute Gasteiger partial charge is 0.219 e. The van der Waals surface area contributed by atoms with E-state index in [1.807, 2.05) is 0 Å². The standard InChI is InChI=1S/C9H17N3O/c10-8(13)5-7-9(11)6-1-3-12(7)4-2-6/h6-7,9H,1-5,11H2,(H2,10,13). The van der Waals surface area contributed by atoms with Crippen LogP contribution >= 0.6 is 0 Å². The van der Waals surface area contributed by atoms with Crippen molar-refractivity contribution in [3.63, 3.8) is 0 Å². The number of piperidine rings is 3. The van der Waals surface area contributed by atoms with E-state index in [9.17, 15) is 4.79 Å². The second-order valence-electron chi connectivity index (χ2n) is 4.19. The normalized spacial score (nSPS) is 43.5. The SMILES string of the molecule is NC(=O)CC1C(N)C2CCN1CC2. The molecule has 1 amide bonds. The predicted octanol–water partition coefficient (Wildman–Crippen LogP) is -0.717. The van der Waals surface area contributed by atoms with Gasteiger partial charge in [0.25, 0.3) is 0 Å². The summed E-state index contributed by atoms with van der Waals surface area (Å²) in [5, 5.41) is 0. The summed E-state index contributed by atoms with van der Waals surface area (Å²) in [5.74, 6) is 0.391. The summed E-state index contributed by atoms with van der Waals surface area (Å²) in [6.45, 7) is 2.19. The third-order valence-electron chi connectivity index (χ3n) is 3.44. The summed E-state index contributed by atoms with van der Waals surface area (Å²) >= 11 is 0. The third-order valence-corrected chi connectivity index (χ3v) is 3.44. The van der Waals surface area contributed by atoms with Gasteiger partial charge in [-0.3, -0.25) is 9.69 Å². The predicted molar refractivity (Wildman–Crippen MR) is 49.9 cm³/mol. The van der Waals surface area contributed by atoms with Crippen LogP contribution in [0.15, 0.2) is 0 Å². The summed E-state index contributed by atoms with van der Waals surface area (Å²) < 4.78 is 0. The number of amides is 1. The Kier molecular flexibility index (Phi) is 2.26. The monoisotopic (exact) mass is 183 g/mol. The van der Waals surface area contributed by atoms with Crippen LogP contribution in [0.25, 0.3) is 0 Å². The molecule has 3 heterocycles. The molecule has 0 spiro atoms. The van der Waals surface area contributed by atoms with E-state index in [-0.39, 0.29) is 18.0 Å². The van der Waals surface area contributed by atoms with Crippen molar-refractivity contribution in [2.45, 2.75) is 31.3 Å². The minimum atomic E-state index is -0.229. The zero-order valence-electron chi connectivity index (χ0n) is 7.78. The first kappa shape index (κ1) is 8.97. The first-order chi connectivity index (χ1) is 6.18. The molecule has 0 radical (unpaired) electrons. The van der Waals surface area contributed by atoms with E-state index >= 15 is 0 Å². The van der Waals surface area contributed by atoms with Crippen molar-refractivity contribution in [3.8, 4) is 0 Å². The van der Waals surface area contributed by atoms with Crippen LogP contribution in [0.2, 0.25) is 0 Å². The summed E-state index contributed by atoms with van der Waals surface area (Å²) in [6, 6.07) is 0.375. The van der Waals surface area contributed by atoms with Gasteiger partial charge in [-0.05, 0) is 31.8 Å². The Hall–Kier alpha value is -0.610. The van der Waals surface area contributed by atoms with Gasteiger partial charge in [0.1, 0.15) is 0 Å². The Morgan fingerprint density at radius 1 is 1.38 bits per heavy atom. The minimum Gasteiger partial charge on any atom is -0.370 e. The van der Waals surface area contributed by atoms with Crippen LogP contribution in [0.5, 0.6) is 0 Å². The van der Waals surface area contributed by atoms with Gasteiger partial charge >= 0.3 is 0 Å². The molecule has 4 N–H and O–H groups in total. The van der Waals surface area contributed by atoms with Gasteiger partial charge in [-0.2, -0.15) is 0 Å². The number of carbonyl (C=O) groups is 1. The van der Waals surface area contributed by atoms with Gasteiger partial charge in [0.15, 0.2) is 0 Å². The lowest BCUT2D eigenvalue weighted by Crippen LogP contribution is -2.61. The number of nitrogens with zero attached hydrogens (tertiary/aromatic N) is 1. The van der Waals surface area contributed by atoms with Gasteiger partial charge < -0.3 is 11.5 Å². The molecule has 4 nitrogen and oxygen atoms in total. The molecule has 2 bridgehead atoms. The number of hydrogen-bond acceptors (Lipinski definition) is 3. The van der Waals surface area contributed by atoms with Crippen LogP contribution in [0, 0.1) is 5.92 Å². The molecular formula is C9H17N3O. The summed E-state index contributed by atoms with van der Waals surface area (Å²) in [4.78, 5) is 13.1. The Bertz CT molecular complexity index is 209. The van der Waals surface area contributed by atoms with Crippen molar-refractivity contribution >= 4 is 5.91 Å². The van der Waals surface area contributed by atoms with Crippen LogP contribution in [0.3, 0.4) is 0 Å². The van der Waals surface area contributed by atoms with Crippen molar-refractivity contribution in [2.75, 3.05) is 13.1 Å². The molecule has 0 aromatic rings. The molecule has 2 atom stereocenters. The molecule has 0 aromatic heterocycles. The lowest BCUT2D eigenvalue weighted by molar-refractivity contribution is -0.120. The molecule has 3 aliphatic heterocycles. The van der Waals surface area contributed by atoms with Crippen LogP contribution in [0.1, 0.15) is 19.3 Å². The maximum atomic E-state index is 10.8. The lowest BCUT2D eigenvalue weighted by Gasteiger charge is -2.49. The van der Waals surface area contributed by atoms with E-state index < -0.39 is 0 Å². The average molecular weight is 183 g/mol. The zero-order valence-corrected chi connectivity index (χ0v) is 7.78. The van der Waals surface area contributed by atoms with E-state index in [0.717, 1.165) is 13.1 Å². The summed E-state index contributed by atoms with van der Waals surface area (Å²) in [5.41, 5.74) is 11.3. The maximum Gasteiger partial charge on any atom is 0.219 e. The quantitative estimate of drug-likeness (QED) is 0.593. The summed E-state index contributed by atoms with van der Waals surface area (Å²) in [7, 11) is 0. The van der Waals surface area contributed by atoms with Gasteiger partial charge in [-0.1, -0.05) is 0 Å². The molecule has 74 valence electrons. The fourth-order valence-corrected chi connectivity index (χ4v) is 2.66. The van der Waals surface area contributed by atoms with E-state index in [4.69, 9.17) is 11.5 Å². The van der Waals surface area contributed by atoms with Gasteiger partial charge in [0, 0.05) is 18.5 Å². The van der Waals surface area contributed by atoms with Crippen LogP contribution in [0.4, 0.5) is 0 Å². The highest BCUT2D eigenvalue weighted by Crippen LogP contribution is 2.32. The molecule has 0 aliphatic carbocycles. The molecule has 3 aliphatic rings. The third kappa shape index (κ3) is 1.56. The topological polar surface area (TPSA) is 72.3 Å². The highest BCUT2D eigenvalue weighted by molar-refractivity contribution is 5.74. The molecule has 3 rings (SSSR count). The number of hydrogen-bond donors (Lipinski definition) is 2. The maximum absolute atomic E-state index is 10.8. The van der Waals surface area contributed by atoms with Crippen LogP contribution < -0.4 is 11.5 Å². The Balaban J connectivity index is 2.05. The first-order valence-corrected chi connectivity index (χ1v) is 4.96. The Morgan fingerprint density at radius 2 is 2.00 bits per heavy atom. The van der Waals surface area contributed by atoms with Crippen molar-refractivity contribution in [2.24, 2.45) is 17.4 Å². The Labute approximate surface area is 78.2 Å². The average Bonchev–Trinajstić information content (AvgIpc) is 2.11. The van der Waals surface area contributed by atoms with Crippen molar-refractivity contribution in [3.05, 3.63) is 0 Å². The van der Waals surface area contributed by atoms with Gasteiger partial charge in [-0.15, -0.1) is 0 Å². The molecule has 4 heteroatoms. The van der Waals surface area contributed by atoms with Gasteiger partial charge in [0.05, 0.1) is 0 Å². The highest BCUT2D eigenvalue weighted by Gasteiger charge is 2.40. The number of fused-ring (bicyclic) bond motifs is 3. The molecular weight excluding hydrogens is 166 g/mol. The van der Waals surface area contributed by atoms with Crippen molar-refractivity contribution in [1.82, 2.24) is 4.90 Å². The zero-order chi connectivity index (χ0) is 9.42. The van der Waals surface area contributed by atoms with E-state index in [0.29, 0.717) is 12.3 Å². The molecule has 2 unspecified atom stereocenters. The summed E-state index contributed by atoms with van der Waals surface area (Å²) in [6.07, 6.45) is 2.81. The largest absolute Gasteiger partial charge is 0.370 e. The fourth-order valence-electron chi connectivity index (χ4n) is 2.66. The number of rotatable bonds is 2. The molecule has 13 heavy (non-hydrogen) atoms. The van der Waals surface area contributed by atoms with Crippen LogP contribution in [-0.4, -0.2) is 36.0 Å². The molecule has 3 saturated heterocycles. The van der Waals surface area contributed by atoms with Crippen molar-refractivity contribution < 1.29 is 4.79 Å². The molecule has 0 saturated carbocycles. The number of primary amides is 1. The molecule has 3 fully saturated rings. The number of carbonyl (C=O) groups excluding carboxylic acids is 1. The van der Waals surface area contributed by atoms with Crippen LogP contribution in [-0.2, 0) is 4.79 Å². The van der Waals surface area contributed by atoms with E-state index in [1.165, 1.54) is 12.8 Å². The Morgan fingerprint density at radius 3 is 2.46 bits per heavy atom. The van der Waals surface area contributed by atoms with Crippen molar-refractivity contribution in [1.29, 1.82) is 0 Å². The van der Waals surface area contributed by atoms with E-state index in [1.54, 1.807) is 0 Å². The second-order valence-corrected chi connectivity index (χ2v) is 4.19. The fraction of sp³-hybridized carbons (Fsp3) is 0.889. The van der Waals surface area contributed by atoms with Gasteiger partial charge in [0.2, 0.25) is 5.91 Å². The minimum absolute atomic E-state index is 0.162. The lowest BCUT2D eigenvalue weighted by atomic mass is 9.78. The van der Waals surface area contributed by atoms with Gasteiger partial charge in [-0.25, -0.2) is 0 Å².